The highest BCUT2D eigenvalue weighted by atomic mass is 19.1. The van der Waals surface area contributed by atoms with Gasteiger partial charge in [-0.05, 0) is 95.8 Å². The number of allylic oxidation sites excluding steroid dienone is 4. The molecule has 0 spiro atoms. The minimum atomic E-state index is -2.08. The summed E-state index contributed by atoms with van der Waals surface area (Å²) >= 11 is 0. The number of hydrogen-bond donors (Lipinski definition) is 4. The number of carbonyl (C=O) groups is 4. The summed E-state index contributed by atoms with van der Waals surface area (Å²) in [5, 5.41) is 30.7. The third kappa shape index (κ3) is 6.89. The van der Waals surface area contributed by atoms with E-state index in [1.54, 1.807) is 26.8 Å². The Hall–Kier alpha value is -4.82. The molecule has 3 aromatic rings. The fourth-order valence-corrected chi connectivity index (χ4v) is 11.1. The molecule has 0 aliphatic heterocycles. The second kappa shape index (κ2) is 15.7. The molecule has 0 radical (unpaired) electrons. The monoisotopic (exact) mass is 818 g/mol. The molecule has 2 amide bonds. The summed E-state index contributed by atoms with van der Waals surface area (Å²) in [4.78, 5) is 62.9. The van der Waals surface area contributed by atoms with Crippen molar-refractivity contribution in [2.45, 2.75) is 117 Å². The third-order valence-electron chi connectivity index (χ3n) is 14.4. The number of furan rings is 1. The van der Waals surface area contributed by atoms with Crippen LogP contribution >= 0.6 is 0 Å². The number of amides is 2. The largest absolute Gasteiger partial charge is 0.461 e. The Labute approximate surface area is 341 Å². The number of alkyl halides is 1. The van der Waals surface area contributed by atoms with E-state index in [0.717, 1.165) is 34.7 Å². The van der Waals surface area contributed by atoms with Gasteiger partial charge in [-0.3, -0.25) is 9.59 Å². The van der Waals surface area contributed by atoms with Crippen LogP contribution in [-0.2, 0) is 25.6 Å². The maximum Gasteiger partial charge on any atom is 0.407 e. The number of alkyl carbamates (subject to hydrolysis) is 2. The van der Waals surface area contributed by atoms with Gasteiger partial charge in [-0.2, -0.15) is 0 Å². The van der Waals surface area contributed by atoms with E-state index in [-0.39, 0.29) is 44.7 Å². The number of nitrogens with one attached hydrogen (secondary N) is 2. The molecule has 4 aliphatic rings. The fraction of sp³-hybridized carbons (Fsp3) is 0.578. The maximum atomic E-state index is 17.4. The predicted octanol–water partition coefficient (Wildman–Crippen LogP) is 6.89. The van der Waals surface area contributed by atoms with Crippen molar-refractivity contribution in [3.05, 3.63) is 68.8 Å². The van der Waals surface area contributed by atoms with Crippen LogP contribution in [0.2, 0.25) is 0 Å². The number of fused-ring (bicyclic) bond motifs is 7. The van der Waals surface area contributed by atoms with Crippen molar-refractivity contribution in [3.63, 3.8) is 0 Å². The molecule has 59 heavy (non-hydrogen) atoms. The summed E-state index contributed by atoms with van der Waals surface area (Å²) in [7, 11) is 0. The molecule has 2 saturated carbocycles. The molecule has 4 aliphatic carbocycles. The van der Waals surface area contributed by atoms with Gasteiger partial charge in [-0.1, -0.05) is 38.0 Å². The zero-order valence-electron chi connectivity index (χ0n) is 34.6. The van der Waals surface area contributed by atoms with Gasteiger partial charge < -0.3 is 39.2 Å². The molecule has 318 valence electrons. The van der Waals surface area contributed by atoms with Crippen LogP contribution in [0.5, 0.6) is 0 Å². The molecular weight excluding hydrogens is 763 g/mol. The second-order valence-electron chi connectivity index (χ2n) is 17.6. The summed E-state index contributed by atoms with van der Waals surface area (Å²) in [6.07, 6.45) is 5.26. The Morgan fingerprint density at radius 2 is 1.66 bits per heavy atom. The molecule has 5 unspecified atom stereocenters. The number of hydrogen-bond acceptors (Lipinski definition) is 11. The van der Waals surface area contributed by atoms with Crippen LogP contribution in [0.15, 0.2) is 49.6 Å². The van der Waals surface area contributed by atoms with Crippen LogP contribution in [0.4, 0.5) is 14.0 Å². The van der Waals surface area contributed by atoms with E-state index in [9.17, 15) is 34.2 Å². The first kappa shape index (κ1) is 42.3. The zero-order valence-corrected chi connectivity index (χ0v) is 34.6. The van der Waals surface area contributed by atoms with Gasteiger partial charge in [0.1, 0.15) is 22.5 Å². The van der Waals surface area contributed by atoms with Gasteiger partial charge in [0.05, 0.1) is 19.3 Å². The van der Waals surface area contributed by atoms with Crippen molar-refractivity contribution in [1.29, 1.82) is 0 Å². The van der Waals surface area contributed by atoms with E-state index >= 15 is 4.39 Å². The van der Waals surface area contributed by atoms with E-state index in [2.05, 4.69) is 10.6 Å². The molecular formula is C45H55FN2O11. The van der Waals surface area contributed by atoms with Crippen molar-refractivity contribution in [2.75, 3.05) is 19.8 Å². The first-order chi connectivity index (χ1) is 27.9. The van der Waals surface area contributed by atoms with Gasteiger partial charge in [0, 0.05) is 57.7 Å². The summed E-state index contributed by atoms with van der Waals surface area (Å²) < 4.78 is 39.5. The molecule has 1 aromatic carbocycles. The number of carbonyl (C=O) groups excluding carboxylic acids is 4. The standard InChI is InChI=1S/C45H55FN2O11/c1-24-17-37(52)59-38-26(3)39-31(20-30(24)38)32(27(4)58-39)22-48-41(54)56-16-10-8-7-9-15-47-40(53)57-23-36(51)45(55)25(2)18-34-33-12-11-28-19-29(49)13-14-42(28,5)44(33,46)35(50)21-43(34,45)6/h11,13-14,17,20,25,33-35,50,55H,7-10,12,15-16,18-19,21-23H2,1-6H3,(H,47,53)(H,48,54)/t25-,33?,34?,35?,42?,43?,44+,45+/m1/s1. The third-order valence-corrected chi connectivity index (χ3v) is 14.4. The summed E-state index contributed by atoms with van der Waals surface area (Å²) in [5.74, 6) is -1.87. The number of aryl methyl sites for hydroxylation is 3. The molecule has 2 heterocycles. The number of unbranched alkanes of at least 4 members (excludes halogenated alkanes) is 3. The van der Waals surface area contributed by atoms with Gasteiger partial charge in [0.25, 0.3) is 0 Å². The lowest BCUT2D eigenvalue weighted by Gasteiger charge is -2.62. The lowest BCUT2D eigenvalue weighted by atomic mass is 9.45. The second-order valence-corrected chi connectivity index (χ2v) is 17.6. The van der Waals surface area contributed by atoms with Crippen LogP contribution in [0.3, 0.4) is 0 Å². The SMILES string of the molecule is Cc1oc2c(C)c3oc(=O)cc(C)c3cc2c1CNC(=O)OCCCCCCNC(=O)OCC(=O)[C@@]1(O)[C@H](C)CC2C3CC=C4CC(=O)C=CC4(C)[C@@]3(F)C(O)CC21C. The minimum absolute atomic E-state index is 0.102. The molecule has 7 rings (SSSR count). The Bertz CT molecular complexity index is 2330. The van der Waals surface area contributed by atoms with Crippen molar-refractivity contribution < 1.29 is 52.1 Å². The van der Waals surface area contributed by atoms with Crippen molar-refractivity contribution in [2.24, 2.45) is 28.6 Å². The zero-order chi connectivity index (χ0) is 42.7. The Kier molecular flexibility index (Phi) is 11.2. The van der Waals surface area contributed by atoms with Gasteiger partial charge in [0.2, 0.25) is 5.78 Å². The van der Waals surface area contributed by atoms with Crippen LogP contribution in [0, 0.1) is 49.4 Å². The highest BCUT2D eigenvalue weighted by molar-refractivity contribution is 6.00. The number of benzene rings is 1. The highest BCUT2D eigenvalue weighted by Gasteiger charge is 2.75. The van der Waals surface area contributed by atoms with Gasteiger partial charge in [-0.25, -0.2) is 18.8 Å². The van der Waals surface area contributed by atoms with Crippen LogP contribution in [0.25, 0.3) is 21.9 Å². The number of ether oxygens (including phenoxy) is 2. The number of aliphatic hydroxyl groups is 2. The molecule has 4 N–H and O–H groups in total. The Morgan fingerprint density at radius 3 is 2.42 bits per heavy atom. The van der Waals surface area contributed by atoms with E-state index in [1.807, 2.05) is 32.9 Å². The normalized spacial score (nSPS) is 31.0. The van der Waals surface area contributed by atoms with Crippen LogP contribution < -0.4 is 16.3 Å². The quantitative estimate of drug-likeness (QED) is 0.0844. The maximum absolute atomic E-state index is 17.4. The van der Waals surface area contributed by atoms with Gasteiger partial charge in [-0.15, -0.1) is 0 Å². The van der Waals surface area contributed by atoms with Crippen molar-refractivity contribution in [3.8, 4) is 0 Å². The molecule has 8 atom stereocenters. The molecule has 2 aromatic heterocycles. The van der Waals surface area contributed by atoms with E-state index in [1.165, 1.54) is 12.1 Å². The molecule has 0 bridgehead atoms. The number of rotatable bonds is 12. The highest BCUT2D eigenvalue weighted by Crippen LogP contribution is 2.70. The molecule has 13 nitrogen and oxygen atoms in total. The van der Waals surface area contributed by atoms with Crippen LogP contribution in [-0.4, -0.2) is 71.1 Å². The number of aliphatic hydroxyl groups excluding tert-OH is 1. The topological polar surface area (TPSA) is 195 Å². The Morgan fingerprint density at radius 1 is 0.949 bits per heavy atom. The molecule has 0 saturated heterocycles. The first-order valence-corrected chi connectivity index (χ1v) is 20.7. The van der Waals surface area contributed by atoms with Gasteiger partial charge in [0.15, 0.2) is 18.1 Å². The van der Waals surface area contributed by atoms with Crippen LogP contribution in [0.1, 0.15) is 94.6 Å². The van der Waals surface area contributed by atoms with E-state index in [0.29, 0.717) is 47.3 Å². The molecule has 14 heteroatoms. The number of ketones is 2. The number of Topliss-reactive ketones (excluding diaryl/α,β-unsaturated/α-hetero) is 1. The Balaban J connectivity index is 0.823. The first-order valence-electron chi connectivity index (χ1n) is 20.7. The summed E-state index contributed by atoms with van der Waals surface area (Å²) in [6.45, 7) is 10.7. The number of halogens is 1. The summed E-state index contributed by atoms with van der Waals surface area (Å²) in [5.41, 5.74) is -2.79. The average molecular weight is 819 g/mol. The minimum Gasteiger partial charge on any atom is -0.461 e. The fourth-order valence-electron chi connectivity index (χ4n) is 11.1. The van der Waals surface area contributed by atoms with Gasteiger partial charge >= 0.3 is 17.8 Å². The van der Waals surface area contributed by atoms with Crippen molar-refractivity contribution in [1.82, 2.24) is 10.6 Å². The van der Waals surface area contributed by atoms with Crippen molar-refractivity contribution >= 4 is 45.7 Å². The lowest BCUT2D eigenvalue weighted by Crippen LogP contribution is -2.69. The summed E-state index contributed by atoms with van der Waals surface area (Å²) in [6, 6.07) is 3.35. The van der Waals surface area contributed by atoms with E-state index in [4.69, 9.17) is 18.3 Å². The lowest BCUT2D eigenvalue weighted by molar-refractivity contribution is -0.215. The predicted molar refractivity (Wildman–Crippen MR) is 215 cm³/mol. The van der Waals surface area contributed by atoms with E-state index < -0.39 is 76.2 Å². The molecule has 2 fully saturated rings. The smallest absolute Gasteiger partial charge is 0.407 e. The average Bonchev–Trinajstić information content (AvgIpc) is 3.61.